The molecule has 0 heterocycles. The third kappa shape index (κ3) is 5.72. The SMILES string of the molecule is CNS(=O)(=O)Cc1cccc(CNc2ccc(S(N)(=O)=O)cc2[N+](=O)[O-])c1. The van der Waals surface area contributed by atoms with E-state index >= 15 is 0 Å². The maximum atomic E-state index is 11.6. The summed E-state index contributed by atoms with van der Waals surface area (Å²) in [7, 11) is -6.16. The molecule has 0 bridgehead atoms. The molecule has 0 fully saturated rings. The van der Waals surface area contributed by atoms with Crippen molar-refractivity contribution >= 4 is 31.4 Å². The predicted octanol–water partition coefficient (Wildman–Crippen LogP) is 0.904. The molecule has 0 saturated carbocycles. The van der Waals surface area contributed by atoms with Crippen LogP contribution in [0.4, 0.5) is 11.4 Å². The Kier molecular flexibility index (Phi) is 6.15. The zero-order valence-electron chi connectivity index (χ0n) is 14.2. The number of nitro benzene ring substituents is 1. The molecule has 12 heteroatoms. The first-order chi connectivity index (χ1) is 12.5. The van der Waals surface area contributed by atoms with Gasteiger partial charge in [0.05, 0.1) is 15.6 Å². The Labute approximate surface area is 156 Å². The van der Waals surface area contributed by atoms with Crippen molar-refractivity contribution in [3.8, 4) is 0 Å². The summed E-state index contributed by atoms with van der Waals surface area (Å²) in [5.74, 6) is -0.194. The van der Waals surface area contributed by atoms with E-state index in [0.29, 0.717) is 11.1 Å². The van der Waals surface area contributed by atoms with Gasteiger partial charge in [0, 0.05) is 12.6 Å². The van der Waals surface area contributed by atoms with Gasteiger partial charge in [-0.1, -0.05) is 24.3 Å². The molecule has 10 nitrogen and oxygen atoms in total. The molecular weight excluding hydrogens is 396 g/mol. The second kappa shape index (κ2) is 8.00. The van der Waals surface area contributed by atoms with Crippen molar-refractivity contribution in [2.75, 3.05) is 12.4 Å². The van der Waals surface area contributed by atoms with Gasteiger partial charge in [-0.2, -0.15) is 0 Å². The largest absolute Gasteiger partial charge is 0.375 e. The first kappa shape index (κ1) is 20.8. The van der Waals surface area contributed by atoms with Gasteiger partial charge in [0.1, 0.15) is 5.69 Å². The molecular formula is C15H18N4O6S2. The molecule has 0 saturated heterocycles. The summed E-state index contributed by atoms with van der Waals surface area (Å²) in [4.78, 5) is 10.1. The third-order valence-electron chi connectivity index (χ3n) is 3.64. The number of nitrogens with zero attached hydrogens (tertiary/aromatic N) is 1. The van der Waals surface area contributed by atoms with E-state index in [1.807, 2.05) is 0 Å². The van der Waals surface area contributed by atoms with Crippen LogP contribution in [0, 0.1) is 10.1 Å². The number of primary sulfonamides is 1. The second-order valence-electron chi connectivity index (χ2n) is 5.62. The number of hydrogen-bond acceptors (Lipinski definition) is 7. The van der Waals surface area contributed by atoms with Gasteiger partial charge in [-0.05, 0) is 30.3 Å². The molecule has 2 aromatic rings. The Hall–Kier alpha value is -2.54. The fourth-order valence-electron chi connectivity index (χ4n) is 2.31. The maximum Gasteiger partial charge on any atom is 0.293 e. The van der Waals surface area contributed by atoms with Crippen LogP contribution in [0.15, 0.2) is 47.4 Å². The fourth-order valence-corrected chi connectivity index (χ4v) is 3.60. The predicted molar refractivity (Wildman–Crippen MR) is 99.9 cm³/mol. The van der Waals surface area contributed by atoms with Crippen molar-refractivity contribution in [2.45, 2.75) is 17.2 Å². The van der Waals surface area contributed by atoms with E-state index in [-0.39, 0.29) is 22.9 Å². The van der Waals surface area contributed by atoms with Crippen LogP contribution in [0.25, 0.3) is 0 Å². The molecule has 2 aromatic carbocycles. The van der Waals surface area contributed by atoms with Crippen LogP contribution in [0.5, 0.6) is 0 Å². The summed E-state index contributed by atoms with van der Waals surface area (Å²) in [6.45, 7) is 0.170. The zero-order valence-corrected chi connectivity index (χ0v) is 15.9. The third-order valence-corrected chi connectivity index (χ3v) is 5.88. The topological polar surface area (TPSA) is 162 Å². The second-order valence-corrected chi connectivity index (χ2v) is 9.11. The summed E-state index contributed by atoms with van der Waals surface area (Å²) in [6, 6.07) is 10.0. The normalized spacial score (nSPS) is 11.9. The van der Waals surface area contributed by atoms with Gasteiger partial charge in [0.25, 0.3) is 5.69 Å². The number of hydrogen-bond donors (Lipinski definition) is 3. The van der Waals surface area contributed by atoms with Crippen molar-refractivity contribution in [2.24, 2.45) is 5.14 Å². The molecule has 27 heavy (non-hydrogen) atoms. The molecule has 0 amide bonds. The van der Waals surface area contributed by atoms with E-state index in [9.17, 15) is 26.9 Å². The van der Waals surface area contributed by atoms with Gasteiger partial charge in [-0.3, -0.25) is 10.1 Å². The Bertz CT molecular complexity index is 1070. The lowest BCUT2D eigenvalue weighted by Crippen LogP contribution is -2.20. The lowest BCUT2D eigenvalue weighted by molar-refractivity contribution is -0.384. The minimum Gasteiger partial charge on any atom is -0.375 e. The standard InChI is InChI=1S/C15H18N4O6S2/c1-17-26(22,23)10-12-4-2-3-11(7-12)9-18-14-6-5-13(27(16,24)25)8-15(14)19(20)21/h2-8,17-18H,9-10H2,1H3,(H2,16,24,25). The highest BCUT2D eigenvalue weighted by atomic mass is 32.2. The number of benzene rings is 2. The molecule has 4 N–H and O–H groups in total. The Morgan fingerprint density at radius 3 is 2.33 bits per heavy atom. The van der Waals surface area contributed by atoms with Gasteiger partial charge in [0.2, 0.25) is 20.0 Å². The van der Waals surface area contributed by atoms with Crippen LogP contribution in [-0.4, -0.2) is 28.8 Å². The van der Waals surface area contributed by atoms with Crippen molar-refractivity contribution in [3.05, 3.63) is 63.7 Å². The summed E-state index contributed by atoms with van der Waals surface area (Å²) in [5, 5.41) is 19.1. The van der Waals surface area contributed by atoms with Gasteiger partial charge in [-0.25, -0.2) is 26.7 Å². The molecule has 0 aliphatic carbocycles. The van der Waals surface area contributed by atoms with Crippen LogP contribution in [0.3, 0.4) is 0 Å². The highest BCUT2D eigenvalue weighted by Gasteiger charge is 2.19. The molecule has 0 aliphatic heterocycles. The summed E-state index contributed by atoms with van der Waals surface area (Å²) < 4.78 is 48.2. The zero-order chi connectivity index (χ0) is 20.2. The maximum absolute atomic E-state index is 11.6. The van der Waals surface area contributed by atoms with Crippen molar-refractivity contribution < 1.29 is 21.8 Å². The molecule has 0 unspecified atom stereocenters. The number of sulfonamides is 2. The molecule has 0 aliphatic rings. The molecule has 0 spiro atoms. The molecule has 2 rings (SSSR count). The van der Waals surface area contributed by atoms with Gasteiger partial charge >= 0.3 is 0 Å². The van der Waals surface area contributed by atoms with Gasteiger partial charge < -0.3 is 5.32 Å². The van der Waals surface area contributed by atoms with E-state index in [4.69, 9.17) is 5.14 Å². The minimum atomic E-state index is -4.06. The smallest absolute Gasteiger partial charge is 0.293 e. The molecule has 0 radical (unpaired) electrons. The average Bonchev–Trinajstić information content (AvgIpc) is 2.59. The van der Waals surface area contributed by atoms with Crippen molar-refractivity contribution in [1.82, 2.24) is 4.72 Å². The lowest BCUT2D eigenvalue weighted by Gasteiger charge is -2.10. The van der Waals surface area contributed by atoms with Crippen LogP contribution >= 0.6 is 0 Å². The summed E-state index contributed by atoms with van der Waals surface area (Å²) in [5.41, 5.74) is 0.933. The van der Waals surface area contributed by atoms with Gasteiger partial charge in [0.15, 0.2) is 0 Å². The number of rotatable bonds is 8. The Balaban J connectivity index is 2.23. The van der Waals surface area contributed by atoms with Crippen molar-refractivity contribution in [3.63, 3.8) is 0 Å². The first-order valence-electron chi connectivity index (χ1n) is 7.56. The van der Waals surface area contributed by atoms with E-state index in [1.54, 1.807) is 24.3 Å². The highest BCUT2D eigenvalue weighted by molar-refractivity contribution is 7.89. The van der Waals surface area contributed by atoms with Crippen LogP contribution in [0.1, 0.15) is 11.1 Å². The first-order valence-corrected chi connectivity index (χ1v) is 10.8. The number of nitrogens with one attached hydrogen (secondary N) is 2. The van der Waals surface area contributed by atoms with Crippen molar-refractivity contribution in [1.29, 1.82) is 0 Å². The van der Waals surface area contributed by atoms with E-state index in [2.05, 4.69) is 10.0 Å². The van der Waals surface area contributed by atoms with E-state index < -0.39 is 30.7 Å². The fraction of sp³-hybridized carbons (Fsp3) is 0.200. The quantitative estimate of drug-likeness (QED) is 0.427. The summed E-state index contributed by atoms with van der Waals surface area (Å²) >= 11 is 0. The minimum absolute atomic E-state index is 0.112. The number of nitrogens with two attached hydrogens (primary N) is 1. The monoisotopic (exact) mass is 414 g/mol. The molecule has 146 valence electrons. The van der Waals surface area contributed by atoms with E-state index in [1.165, 1.54) is 19.2 Å². The van der Waals surface area contributed by atoms with Crippen LogP contribution in [-0.2, 0) is 32.3 Å². The highest BCUT2D eigenvalue weighted by Crippen LogP contribution is 2.27. The summed E-state index contributed by atoms with van der Waals surface area (Å²) in [6.07, 6.45) is 0. The van der Waals surface area contributed by atoms with Crippen LogP contribution in [0.2, 0.25) is 0 Å². The molecule has 0 aromatic heterocycles. The lowest BCUT2D eigenvalue weighted by atomic mass is 10.1. The number of anilines is 1. The number of nitro groups is 1. The molecule has 0 atom stereocenters. The van der Waals surface area contributed by atoms with Gasteiger partial charge in [-0.15, -0.1) is 0 Å². The Morgan fingerprint density at radius 1 is 1.07 bits per heavy atom. The average molecular weight is 414 g/mol. The van der Waals surface area contributed by atoms with Crippen LogP contribution < -0.4 is 15.2 Å². The Morgan fingerprint density at radius 2 is 1.74 bits per heavy atom. The van der Waals surface area contributed by atoms with E-state index in [0.717, 1.165) is 6.07 Å².